The molecule has 7 heterocycles. The topological polar surface area (TPSA) is 156 Å². The van der Waals surface area contributed by atoms with Gasteiger partial charge in [-0.15, -0.1) is 0 Å². The number of aromatic amines is 1. The normalized spacial score (nSPS) is 23.8. The lowest BCUT2D eigenvalue weighted by molar-refractivity contribution is -0.0592. The summed E-state index contributed by atoms with van der Waals surface area (Å²) in [7, 11) is 1.73. The number of aromatic nitrogens is 9. The van der Waals surface area contributed by atoms with Gasteiger partial charge in [0.15, 0.2) is 11.6 Å². The molecule has 5 aromatic heterocycles. The van der Waals surface area contributed by atoms with E-state index in [4.69, 9.17) is 14.4 Å². The number of hydrogen-bond acceptors (Lipinski definition) is 8. The van der Waals surface area contributed by atoms with Crippen LogP contribution in [0.1, 0.15) is 129 Å². The molecule has 68 heavy (non-hydrogen) atoms. The number of halogens is 2. The summed E-state index contributed by atoms with van der Waals surface area (Å²) >= 11 is 0. The molecule has 3 saturated carbocycles. The van der Waals surface area contributed by atoms with Gasteiger partial charge in [0.25, 0.3) is 5.91 Å². The Morgan fingerprint density at radius 3 is 2.41 bits per heavy atom. The Kier molecular flexibility index (Phi) is 8.56. The Bertz CT molecular complexity index is 3560. The van der Waals surface area contributed by atoms with E-state index in [1.807, 2.05) is 24.0 Å². The highest BCUT2D eigenvalue weighted by Crippen LogP contribution is 2.58. The average Bonchev–Trinajstić information content (AvgIpc) is 4.22. The van der Waals surface area contributed by atoms with Crippen molar-refractivity contribution in [3.63, 3.8) is 0 Å². The van der Waals surface area contributed by atoms with Crippen molar-refractivity contribution in [1.82, 2.24) is 48.3 Å². The molecular weight excluding hydrogens is 871 g/mol. The number of rotatable bonds is 8. The van der Waals surface area contributed by atoms with Crippen LogP contribution in [0.2, 0.25) is 0 Å². The van der Waals surface area contributed by atoms with Crippen molar-refractivity contribution in [2.75, 3.05) is 13.2 Å². The lowest BCUT2D eigenvalue weighted by atomic mass is 9.83. The summed E-state index contributed by atoms with van der Waals surface area (Å²) in [6, 6.07) is 16.0. The summed E-state index contributed by atoms with van der Waals surface area (Å²) in [4.78, 5) is 48.0. The molecule has 4 fully saturated rings. The van der Waals surface area contributed by atoms with Crippen molar-refractivity contribution in [2.45, 2.75) is 107 Å². The number of benzene rings is 3. The molecule has 17 heteroatoms. The van der Waals surface area contributed by atoms with Gasteiger partial charge in [0.05, 0.1) is 45.8 Å². The number of nitrogens with zero attached hydrogens (tertiary/aromatic N) is 9. The van der Waals surface area contributed by atoms with Crippen molar-refractivity contribution in [3.8, 4) is 17.2 Å². The monoisotopic (exact) mass is 920 g/mol. The van der Waals surface area contributed by atoms with Gasteiger partial charge in [-0.1, -0.05) is 18.1 Å². The molecule has 15 nitrogen and oxygen atoms in total. The molecule has 5 aliphatic rings. The number of carbonyl (C=O) groups is 1. The first-order valence-corrected chi connectivity index (χ1v) is 23.7. The SMILES string of the molecule is C[C@H]1c2c(nn(-c3ccc(F)c(C4CC4)c3)c2-n2ccn(-c3ccc4c(cnn4C)c3F)c2=O)C2(CC2)CN1C(=O)c1cc2cc([C@H]3CCOC(C)(C)C3)ccc2n1[C@@]1(c2noc(=O)[nH]2)C[C@@H]1C. The van der Waals surface area contributed by atoms with Gasteiger partial charge in [0, 0.05) is 54.5 Å². The molecule has 1 saturated heterocycles. The number of aryl methyl sites for hydroxylation is 1. The molecule has 2 aliphatic heterocycles. The Morgan fingerprint density at radius 2 is 1.69 bits per heavy atom. The second-order valence-electron chi connectivity index (χ2n) is 20.7. The van der Waals surface area contributed by atoms with Crippen molar-refractivity contribution in [2.24, 2.45) is 13.0 Å². The Morgan fingerprint density at radius 1 is 0.912 bits per heavy atom. The fourth-order valence-electron chi connectivity index (χ4n) is 11.9. The predicted octanol–water partition coefficient (Wildman–Crippen LogP) is 8.19. The second-order valence-corrected chi connectivity index (χ2v) is 20.7. The third kappa shape index (κ3) is 5.96. The highest BCUT2D eigenvalue weighted by Gasteiger charge is 2.60. The molecule has 1 N–H and O–H groups in total. The first-order chi connectivity index (χ1) is 32.7. The summed E-state index contributed by atoms with van der Waals surface area (Å²) < 4.78 is 50.9. The van der Waals surface area contributed by atoms with Crippen molar-refractivity contribution in [3.05, 3.63) is 140 Å². The number of fused-ring (bicyclic) bond motifs is 4. The quantitative estimate of drug-likeness (QED) is 0.160. The summed E-state index contributed by atoms with van der Waals surface area (Å²) in [5.74, 6) is -0.644. The maximum Gasteiger partial charge on any atom is 0.438 e. The van der Waals surface area contributed by atoms with Crippen LogP contribution in [0.5, 0.6) is 0 Å². The molecule has 1 amide bonds. The molecule has 8 aromatic rings. The van der Waals surface area contributed by atoms with Gasteiger partial charge in [-0.2, -0.15) is 10.2 Å². The fraction of sp³-hybridized carbons (Fsp3) is 0.412. The molecule has 0 radical (unpaired) electrons. The van der Waals surface area contributed by atoms with Crippen LogP contribution in [0.4, 0.5) is 8.78 Å². The Balaban J connectivity index is 0.982. The summed E-state index contributed by atoms with van der Waals surface area (Å²) in [6.45, 7) is 9.31. The Hall–Kier alpha value is -6.88. The van der Waals surface area contributed by atoms with Crippen LogP contribution in [-0.2, 0) is 22.7 Å². The number of H-pyrrole nitrogens is 1. The molecule has 1 spiro atoms. The van der Waals surface area contributed by atoms with E-state index in [1.165, 1.54) is 33.2 Å². The van der Waals surface area contributed by atoms with Crippen LogP contribution in [0, 0.1) is 17.6 Å². The van der Waals surface area contributed by atoms with E-state index in [1.54, 1.807) is 40.8 Å². The van der Waals surface area contributed by atoms with Gasteiger partial charge >= 0.3 is 11.4 Å². The lowest BCUT2D eigenvalue weighted by Crippen LogP contribution is -2.45. The average molecular weight is 921 g/mol. The first-order valence-electron chi connectivity index (χ1n) is 23.7. The number of carbonyl (C=O) groups excluding carboxylic acids is 1. The highest BCUT2D eigenvalue weighted by molar-refractivity contribution is 6.00. The van der Waals surface area contributed by atoms with Gasteiger partial charge in [0.1, 0.15) is 22.9 Å². The molecule has 4 atom stereocenters. The number of nitrogens with one attached hydrogen (secondary N) is 1. The second kappa shape index (κ2) is 14.1. The number of amides is 1. The van der Waals surface area contributed by atoms with Crippen LogP contribution in [0.25, 0.3) is 39.0 Å². The van der Waals surface area contributed by atoms with E-state index < -0.39 is 34.3 Å². The molecule has 13 rings (SSSR count). The molecule has 0 unspecified atom stereocenters. The van der Waals surface area contributed by atoms with Crippen molar-refractivity contribution >= 4 is 27.7 Å². The number of ether oxygens (including phenoxy) is 1. The van der Waals surface area contributed by atoms with Gasteiger partial charge in [-0.25, -0.2) is 23.1 Å². The lowest BCUT2D eigenvalue weighted by Gasteiger charge is -2.38. The van der Waals surface area contributed by atoms with E-state index in [0.717, 1.165) is 55.1 Å². The van der Waals surface area contributed by atoms with Crippen LogP contribution in [0.15, 0.2) is 87.3 Å². The van der Waals surface area contributed by atoms with Crippen molar-refractivity contribution in [1.29, 1.82) is 0 Å². The number of hydrogen-bond donors (Lipinski definition) is 1. The van der Waals surface area contributed by atoms with Gasteiger partial charge in [-0.3, -0.25) is 28.1 Å². The molecule has 348 valence electrons. The molecule has 3 aliphatic carbocycles. The van der Waals surface area contributed by atoms with E-state index in [9.17, 15) is 9.59 Å². The van der Waals surface area contributed by atoms with Crippen LogP contribution >= 0.6 is 0 Å². The number of imidazole rings is 1. The smallest absolute Gasteiger partial charge is 0.376 e. The van der Waals surface area contributed by atoms with Crippen LogP contribution in [0.3, 0.4) is 0 Å². The van der Waals surface area contributed by atoms with Gasteiger partial charge < -0.3 is 14.2 Å². The van der Waals surface area contributed by atoms with Gasteiger partial charge in [0.2, 0.25) is 0 Å². The van der Waals surface area contributed by atoms with Crippen molar-refractivity contribution < 1.29 is 22.8 Å². The zero-order valence-electron chi connectivity index (χ0n) is 38.4. The van der Waals surface area contributed by atoms with E-state index in [-0.39, 0.29) is 46.2 Å². The van der Waals surface area contributed by atoms with E-state index in [2.05, 4.69) is 58.8 Å². The first kappa shape index (κ1) is 41.3. The highest BCUT2D eigenvalue weighted by atomic mass is 19.1. The zero-order valence-corrected chi connectivity index (χ0v) is 38.4. The zero-order chi connectivity index (χ0) is 46.8. The van der Waals surface area contributed by atoms with Crippen LogP contribution in [-0.4, -0.2) is 73.0 Å². The minimum Gasteiger partial charge on any atom is -0.376 e. The standard InChI is InChI=1S/C51H50F2N10O5/c1-27-23-51(27,46-55-47(65)68-57-46)62-37-11-8-30(31-14-19-67-49(3,4)24-31)20-32(37)21-40(62)45(64)61-26-50(15-16-50)43-41(28(61)2)44(63(56-43)33-9-10-36(52)34(22-33)29-6-7-29)60-18-17-59(48(60)66)39-13-12-38-35(42(39)53)25-54-58(38)5/h8-13,17-18,20-22,25,27-29,31H,6-7,14-16,19,23-24,26H2,1-5H3,(H,55,57,65)/t27-,28-,31-,51-/m0/s1. The van der Waals surface area contributed by atoms with Gasteiger partial charge in [-0.05, 0) is 143 Å². The third-order valence-electron chi connectivity index (χ3n) is 16.0. The summed E-state index contributed by atoms with van der Waals surface area (Å²) in [6.07, 6.45) is 10.2. The fourth-order valence-corrected chi connectivity index (χ4v) is 11.9. The van der Waals surface area contributed by atoms with Crippen LogP contribution < -0.4 is 11.4 Å². The van der Waals surface area contributed by atoms with E-state index in [0.29, 0.717) is 59.2 Å². The van der Waals surface area contributed by atoms with E-state index >= 15 is 13.6 Å². The Labute approximate surface area is 387 Å². The molecule has 0 bridgehead atoms. The maximum absolute atomic E-state index is 16.3. The predicted molar refractivity (Wildman–Crippen MR) is 247 cm³/mol. The molecular formula is C51H50F2N10O5. The minimum absolute atomic E-state index is 0.00205. The molecule has 3 aromatic carbocycles. The summed E-state index contributed by atoms with van der Waals surface area (Å²) in [5, 5.41) is 14.9. The maximum atomic E-state index is 16.3. The largest absolute Gasteiger partial charge is 0.438 e. The minimum atomic E-state index is -0.856. The summed E-state index contributed by atoms with van der Waals surface area (Å²) in [5.41, 5.74) is 3.54. The third-order valence-corrected chi connectivity index (χ3v) is 16.0.